The second-order valence-electron chi connectivity index (χ2n) is 4.66. The first-order chi connectivity index (χ1) is 9.58. The Morgan fingerprint density at radius 1 is 1.45 bits per heavy atom. The quantitative estimate of drug-likeness (QED) is 0.357. The molecule has 0 aliphatic heterocycles. The predicted molar refractivity (Wildman–Crippen MR) is 79.1 cm³/mol. The number of carbonyl (C=O) groups is 2. The van der Waals surface area contributed by atoms with Crippen molar-refractivity contribution in [1.82, 2.24) is 0 Å². The minimum atomic E-state index is -1.04. The third kappa shape index (κ3) is 2.92. The summed E-state index contributed by atoms with van der Waals surface area (Å²) in [7, 11) is 0. The number of carbonyl (C=O) groups excluding carboxylic acids is 2. The average molecular weight is 335 g/mol. The first-order valence-electron chi connectivity index (χ1n) is 6.32. The Labute approximate surface area is 124 Å². The van der Waals surface area contributed by atoms with Gasteiger partial charge < -0.3 is 0 Å². The van der Waals surface area contributed by atoms with Crippen molar-refractivity contribution in [3.8, 4) is 0 Å². The third-order valence-corrected chi connectivity index (χ3v) is 5.87. The predicted octanol–water partition coefficient (Wildman–Crippen LogP) is 1.82. The van der Waals surface area contributed by atoms with Crippen LogP contribution < -0.4 is 4.46 Å². The van der Waals surface area contributed by atoms with E-state index in [4.69, 9.17) is 4.74 Å². The summed E-state index contributed by atoms with van der Waals surface area (Å²) in [5.41, 5.74) is 0.934. The van der Waals surface area contributed by atoms with Crippen LogP contribution in [0.15, 0.2) is 54.6 Å². The Kier molecular flexibility index (Phi) is 4.58. The number of rotatable bonds is 5. The van der Waals surface area contributed by atoms with E-state index in [1.165, 1.54) is 6.08 Å². The van der Waals surface area contributed by atoms with Gasteiger partial charge in [-0.15, -0.1) is 0 Å². The Morgan fingerprint density at radius 3 is 2.70 bits per heavy atom. The summed E-state index contributed by atoms with van der Waals surface area (Å²) in [6.45, 7) is 5.54. The van der Waals surface area contributed by atoms with E-state index in [1.807, 2.05) is 37.3 Å². The van der Waals surface area contributed by atoms with Gasteiger partial charge in [-0.1, -0.05) is 0 Å². The molecule has 1 aromatic carbocycles. The number of esters is 1. The van der Waals surface area contributed by atoms with Crippen molar-refractivity contribution in [1.29, 1.82) is 0 Å². The number of hydrogen-bond donors (Lipinski definition) is 0. The van der Waals surface area contributed by atoms with E-state index < -0.39 is 10.3 Å². The molecule has 0 radical (unpaired) electrons. The fourth-order valence-electron chi connectivity index (χ4n) is 2.11. The van der Waals surface area contributed by atoms with Crippen molar-refractivity contribution in [3.05, 3.63) is 54.6 Å². The number of hydrogen-bond acceptors (Lipinski definition) is 3. The fraction of sp³-hybridized carbons (Fsp3) is 0.250. The average Bonchev–Trinajstić information content (AvgIpc) is 2.72. The van der Waals surface area contributed by atoms with Crippen molar-refractivity contribution in [2.45, 2.75) is 17.7 Å². The van der Waals surface area contributed by atoms with Gasteiger partial charge in [0.05, 0.1) is 0 Å². The Morgan fingerprint density at radius 2 is 2.15 bits per heavy atom. The molecule has 0 saturated heterocycles. The summed E-state index contributed by atoms with van der Waals surface area (Å²) in [5.74, 6) is -0.563. The molecule has 1 aliphatic carbocycles. The molecule has 0 aromatic heterocycles. The molecule has 0 N–H and O–H groups in total. The third-order valence-electron chi connectivity index (χ3n) is 3.00. The van der Waals surface area contributed by atoms with E-state index in [-0.39, 0.29) is 27.3 Å². The van der Waals surface area contributed by atoms with Crippen LogP contribution in [0.3, 0.4) is 0 Å². The molecule has 1 aliphatic rings. The molecular formula is C16H16O3Se. The maximum atomic E-state index is 12.4. The van der Waals surface area contributed by atoms with Gasteiger partial charge in [0, 0.05) is 0 Å². The molecule has 0 saturated carbocycles. The summed E-state index contributed by atoms with van der Waals surface area (Å²) in [6.07, 6.45) is 3.54. The van der Waals surface area contributed by atoms with Crippen LogP contribution in [0, 0.1) is 0 Å². The monoisotopic (exact) mass is 336 g/mol. The molecule has 20 heavy (non-hydrogen) atoms. The standard InChI is InChI=1S/C16H16O3Se/c1-3-9-19-15(18)16(11-12(2)10-14(16)17)20-13-7-5-4-6-8-13/h3-8,10H,1,9,11H2,2H3. The van der Waals surface area contributed by atoms with Crippen molar-refractivity contribution in [2.24, 2.45) is 0 Å². The SMILES string of the molecule is C=CCOC(=O)C1([Se]c2ccccc2)CC(C)=CC1=O. The summed E-state index contributed by atoms with van der Waals surface area (Å²) in [5, 5.41) is 0. The van der Waals surface area contributed by atoms with Crippen LogP contribution in [-0.4, -0.2) is 33.3 Å². The fourth-order valence-corrected chi connectivity index (χ4v) is 4.83. The summed E-state index contributed by atoms with van der Waals surface area (Å²) >= 11 is -0.294. The first-order valence-corrected chi connectivity index (χ1v) is 8.03. The van der Waals surface area contributed by atoms with E-state index in [2.05, 4.69) is 6.58 Å². The van der Waals surface area contributed by atoms with Crippen molar-refractivity contribution >= 4 is 31.2 Å². The van der Waals surface area contributed by atoms with Crippen LogP contribution in [0.4, 0.5) is 0 Å². The zero-order valence-electron chi connectivity index (χ0n) is 11.3. The van der Waals surface area contributed by atoms with Gasteiger partial charge in [0.15, 0.2) is 0 Å². The number of benzene rings is 1. The van der Waals surface area contributed by atoms with Gasteiger partial charge in [0.2, 0.25) is 0 Å². The number of allylic oxidation sites excluding steroid dienone is 2. The van der Waals surface area contributed by atoms with Crippen LogP contribution >= 0.6 is 0 Å². The van der Waals surface area contributed by atoms with Gasteiger partial charge in [-0.05, 0) is 0 Å². The number of ether oxygens (including phenoxy) is 1. The molecule has 104 valence electrons. The van der Waals surface area contributed by atoms with E-state index in [0.29, 0.717) is 6.42 Å². The zero-order chi connectivity index (χ0) is 14.6. The summed E-state index contributed by atoms with van der Waals surface area (Å²) in [6, 6.07) is 9.65. The van der Waals surface area contributed by atoms with Crippen LogP contribution in [0.5, 0.6) is 0 Å². The van der Waals surface area contributed by atoms with Gasteiger partial charge >= 0.3 is 124 Å². The van der Waals surface area contributed by atoms with E-state index >= 15 is 0 Å². The zero-order valence-corrected chi connectivity index (χ0v) is 13.0. The normalized spacial score (nSPS) is 21.4. The topological polar surface area (TPSA) is 43.4 Å². The molecular weight excluding hydrogens is 319 g/mol. The molecule has 1 unspecified atom stereocenters. The molecule has 0 fully saturated rings. The molecule has 4 heteroatoms. The molecule has 1 aromatic rings. The van der Waals surface area contributed by atoms with Gasteiger partial charge in [0.1, 0.15) is 0 Å². The molecule has 2 rings (SSSR count). The molecule has 0 bridgehead atoms. The van der Waals surface area contributed by atoms with Crippen molar-refractivity contribution in [2.75, 3.05) is 6.61 Å². The molecule has 3 nitrogen and oxygen atoms in total. The van der Waals surface area contributed by atoms with Gasteiger partial charge in [-0.25, -0.2) is 0 Å². The van der Waals surface area contributed by atoms with E-state index in [9.17, 15) is 9.59 Å². The Hall–Kier alpha value is -1.64. The summed E-state index contributed by atoms with van der Waals surface area (Å²) < 4.78 is 5.15. The minimum absolute atomic E-state index is 0.132. The Bertz CT molecular complexity index is 562. The van der Waals surface area contributed by atoms with Gasteiger partial charge in [-0.3, -0.25) is 0 Å². The second-order valence-corrected chi connectivity index (χ2v) is 7.54. The Balaban J connectivity index is 2.28. The molecule has 0 spiro atoms. The molecule has 0 heterocycles. The number of ketones is 1. The second kappa shape index (κ2) is 6.21. The maximum absolute atomic E-state index is 12.4. The summed E-state index contributed by atoms with van der Waals surface area (Å²) in [4.78, 5) is 24.7. The van der Waals surface area contributed by atoms with Crippen LogP contribution in [0.25, 0.3) is 0 Å². The van der Waals surface area contributed by atoms with Crippen LogP contribution in [0.2, 0.25) is 4.31 Å². The van der Waals surface area contributed by atoms with Gasteiger partial charge in [0.25, 0.3) is 0 Å². The molecule has 1 atom stereocenters. The van der Waals surface area contributed by atoms with Crippen LogP contribution in [0.1, 0.15) is 13.3 Å². The molecule has 0 amide bonds. The van der Waals surface area contributed by atoms with Gasteiger partial charge in [-0.2, -0.15) is 0 Å². The van der Waals surface area contributed by atoms with Crippen LogP contribution in [-0.2, 0) is 14.3 Å². The van der Waals surface area contributed by atoms with Crippen molar-refractivity contribution < 1.29 is 14.3 Å². The first kappa shape index (κ1) is 14.8. The van der Waals surface area contributed by atoms with E-state index in [0.717, 1.165) is 10.0 Å². The van der Waals surface area contributed by atoms with E-state index in [1.54, 1.807) is 6.08 Å². The van der Waals surface area contributed by atoms with Crippen molar-refractivity contribution in [3.63, 3.8) is 0 Å².